The van der Waals surface area contributed by atoms with Gasteiger partial charge in [0.05, 0.1) is 0 Å². The Balaban J connectivity index is 2.34. The molecule has 0 aromatic carbocycles. The highest BCUT2D eigenvalue weighted by Gasteiger charge is 2.26. The molecule has 1 fully saturated rings. The van der Waals surface area contributed by atoms with E-state index in [1.807, 2.05) is 0 Å². The monoisotopic (exact) mass is 155 g/mol. The maximum atomic E-state index is 2.52. The van der Waals surface area contributed by atoms with Gasteiger partial charge in [0, 0.05) is 12.6 Å². The molecular weight excluding hydrogens is 134 g/mol. The van der Waals surface area contributed by atoms with Crippen LogP contribution < -0.4 is 0 Å². The summed E-state index contributed by atoms with van der Waals surface area (Å²) in [6, 6.07) is 0.866. The third-order valence-corrected chi connectivity index (χ3v) is 2.64. The molecule has 0 aromatic rings. The van der Waals surface area contributed by atoms with Crippen LogP contribution in [0.15, 0.2) is 0 Å². The van der Waals surface area contributed by atoms with Gasteiger partial charge in [-0.2, -0.15) is 0 Å². The number of likely N-dealkylation sites (tertiary alicyclic amines) is 1. The molecule has 0 spiro atoms. The summed E-state index contributed by atoms with van der Waals surface area (Å²) in [6.07, 6.45) is 2.79. The van der Waals surface area contributed by atoms with Crippen LogP contribution in [0.5, 0.6) is 0 Å². The second kappa shape index (κ2) is 3.57. The molecule has 0 saturated carbocycles. The lowest BCUT2D eigenvalue weighted by Crippen LogP contribution is -2.26. The highest BCUT2D eigenvalue weighted by Crippen LogP contribution is 2.25. The minimum absolute atomic E-state index is 0.854. The average Bonchev–Trinajstić information content (AvgIpc) is 2.09. The van der Waals surface area contributed by atoms with Crippen molar-refractivity contribution in [3.63, 3.8) is 0 Å². The second-order valence-electron chi connectivity index (χ2n) is 4.56. The largest absolute Gasteiger partial charge is 0.303 e. The number of rotatable bonds is 2. The van der Waals surface area contributed by atoms with E-state index in [2.05, 4.69) is 32.7 Å². The van der Waals surface area contributed by atoms with Crippen molar-refractivity contribution in [3.05, 3.63) is 0 Å². The maximum Gasteiger partial charge on any atom is 0.00977 e. The average molecular weight is 155 g/mol. The van der Waals surface area contributed by atoms with E-state index < -0.39 is 0 Å². The Labute approximate surface area is 70.8 Å². The smallest absolute Gasteiger partial charge is 0.00977 e. The highest BCUT2D eigenvalue weighted by molar-refractivity contribution is 4.81. The van der Waals surface area contributed by atoms with Gasteiger partial charge in [-0.15, -0.1) is 0 Å². The van der Waals surface area contributed by atoms with Gasteiger partial charge in [-0.3, -0.25) is 0 Å². The van der Waals surface area contributed by atoms with E-state index in [0.29, 0.717) is 0 Å². The molecule has 1 aliphatic heterocycles. The maximum absolute atomic E-state index is 2.52. The van der Waals surface area contributed by atoms with Crippen LogP contribution in [0.3, 0.4) is 0 Å². The number of hydrogen-bond donors (Lipinski definition) is 0. The fourth-order valence-electron chi connectivity index (χ4n) is 2.18. The normalized spacial score (nSPS) is 33.5. The van der Waals surface area contributed by atoms with Gasteiger partial charge in [-0.05, 0) is 31.7 Å². The fourth-order valence-corrected chi connectivity index (χ4v) is 2.18. The van der Waals surface area contributed by atoms with Crippen LogP contribution >= 0.6 is 0 Å². The summed E-state index contributed by atoms with van der Waals surface area (Å²) in [5.41, 5.74) is 0. The molecule has 1 heteroatoms. The van der Waals surface area contributed by atoms with Crippen molar-refractivity contribution in [3.8, 4) is 0 Å². The molecule has 66 valence electrons. The first-order valence-electron chi connectivity index (χ1n) is 4.79. The van der Waals surface area contributed by atoms with E-state index in [1.54, 1.807) is 0 Å². The van der Waals surface area contributed by atoms with E-state index in [0.717, 1.165) is 17.9 Å². The molecule has 1 nitrogen and oxygen atoms in total. The molecule has 0 bridgehead atoms. The zero-order valence-corrected chi connectivity index (χ0v) is 8.30. The van der Waals surface area contributed by atoms with Crippen molar-refractivity contribution in [2.75, 3.05) is 13.6 Å². The summed E-state index contributed by atoms with van der Waals surface area (Å²) < 4.78 is 0. The van der Waals surface area contributed by atoms with Gasteiger partial charge in [0.15, 0.2) is 0 Å². The van der Waals surface area contributed by atoms with Crippen LogP contribution in [0.25, 0.3) is 0 Å². The van der Waals surface area contributed by atoms with Crippen LogP contribution in [0.4, 0.5) is 0 Å². The zero-order chi connectivity index (χ0) is 8.43. The Hall–Kier alpha value is -0.0400. The highest BCUT2D eigenvalue weighted by atomic mass is 15.1. The predicted molar refractivity (Wildman–Crippen MR) is 49.7 cm³/mol. The second-order valence-corrected chi connectivity index (χ2v) is 4.56. The molecule has 0 radical (unpaired) electrons. The Bertz CT molecular complexity index is 120. The Kier molecular flexibility index (Phi) is 2.94. The van der Waals surface area contributed by atoms with E-state index in [4.69, 9.17) is 0 Å². The van der Waals surface area contributed by atoms with Crippen molar-refractivity contribution in [1.29, 1.82) is 0 Å². The molecule has 1 rings (SSSR count). The van der Waals surface area contributed by atoms with Gasteiger partial charge in [-0.1, -0.05) is 20.8 Å². The molecule has 0 amide bonds. The minimum Gasteiger partial charge on any atom is -0.303 e. The quantitative estimate of drug-likeness (QED) is 0.592. The third kappa shape index (κ3) is 2.48. The van der Waals surface area contributed by atoms with E-state index in [-0.39, 0.29) is 0 Å². The Morgan fingerprint density at radius 3 is 2.45 bits per heavy atom. The van der Waals surface area contributed by atoms with Crippen molar-refractivity contribution in [2.24, 2.45) is 11.8 Å². The van der Waals surface area contributed by atoms with Crippen LogP contribution in [-0.2, 0) is 0 Å². The lowest BCUT2D eigenvalue weighted by atomic mass is 9.99. The van der Waals surface area contributed by atoms with Crippen molar-refractivity contribution in [2.45, 2.75) is 39.7 Å². The fraction of sp³-hybridized carbons (Fsp3) is 1.00. The molecule has 0 N–H and O–H groups in total. The zero-order valence-electron chi connectivity index (χ0n) is 8.30. The molecular formula is C10H21N. The number of nitrogens with zero attached hydrogens (tertiary/aromatic N) is 1. The van der Waals surface area contributed by atoms with Crippen molar-refractivity contribution < 1.29 is 0 Å². The summed E-state index contributed by atoms with van der Waals surface area (Å²) >= 11 is 0. The first kappa shape index (κ1) is 9.05. The Morgan fingerprint density at radius 1 is 1.45 bits per heavy atom. The molecule has 0 aromatic heterocycles. The molecule has 1 heterocycles. The molecule has 2 unspecified atom stereocenters. The first-order valence-corrected chi connectivity index (χ1v) is 4.79. The summed E-state index contributed by atoms with van der Waals surface area (Å²) in [4.78, 5) is 2.52. The van der Waals surface area contributed by atoms with Gasteiger partial charge < -0.3 is 4.90 Å². The lowest BCUT2D eigenvalue weighted by Gasteiger charge is -2.20. The summed E-state index contributed by atoms with van der Waals surface area (Å²) in [7, 11) is 2.26. The van der Waals surface area contributed by atoms with Crippen molar-refractivity contribution in [1.82, 2.24) is 4.90 Å². The third-order valence-electron chi connectivity index (χ3n) is 2.64. The summed E-state index contributed by atoms with van der Waals surface area (Å²) in [5, 5.41) is 0. The lowest BCUT2D eigenvalue weighted by molar-refractivity contribution is 0.271. The molecule has 2 atom stereocenters. The molecule has 0 aliphatic carbocycles. The first-order chi connectivity index (χ1) is 5.09. The van der Waals surface area contributed by atoms with Gasteiger partial charge in [-0.25, -0.2) is 0 Å². The van der Waals surface area contributed by atoms with E-state index in [1.165, 1.54) is 19.4 Å². The van der Waals surface area contributed by atoms with Crippen LogP contribution in [-0.4, -0.2) is 24.5 Å². The molecule has 1 saturated heterocycles. The van der Waals surface area contributed by atoms with E-state index in [9.17, 15) is 0 Å². The van der Waals surface area contributed by atoms with Crippen LogP contribution in [0, 0.1) is 11.8 Å². The van der Waals surface area contributed by atoms with Gasteiger partial charge in [0.2, 0.25) is 0 Å². The van der Waals surface area contributed by atoms with Crippen molar-refractivity contribution >= 4 is 0 Å². The van der Waals surface area contributed by atoms with Gasteiger partial charge in [0.25, 0.3) is 0 Å². The minimum atomic E-state index is 0.854. The van der Waals surface area contributed by atoms with E-state index >= 15 is 0 Å². The van der Waals surface area contributed by atoms with Crippen LogP contribution in [0.1, 0.15) is 33.6 Å². The SMILES string of the molecule is CC(C)CC1CC(C)CN1C. The molecule has 1 aliphatic rings. The summed E-state index contributed by atoms with van der Waals surface area (Å²) in [6.45, 7) is 8.29. The topological polar surface area (TPSA) is 3.24 Å². The standard InChI is InChI=1S/C10H21N/c1-8(2)5-10-6-9(3)7-11(10)4/h8-10H,5-7H2,1-4H3. The Morgan fingerprint density at radius 2 is 2.09 bits per heavy atom. The van der Waals surface area contributed by atoms with Crippen LogP contribution in [0.2, 0.25) is 0 Å². The molecule has 11 heavy (non-hydrogen) atoms. The predicted octanol–water partition coefficient (Wildman–Crippen LogP) is 2.37. The van der Waals surface area contributed by atoms with Gasteiger partial charge >= 0.3 is 0 Å². The van der Waals surface area contributed by atoms with Gasteiger partial charge in [0.1, 0.15) is 0 Å². The summed E-state index contributed by atoms with van der Waals surface area (Å²) in [5.74, 6) is 1.77. The number of hydrogen-bond acceptors (Lipinski definition) is 1.